The summed E-state index contributed by atoms with van der Waals surface area (Å²) in [5.41, 5.74) is 0.969. The van der Waals surface area contributed by atoms with Crippen molar-refractivity contribution in [3.05, 3.63) is 60.2 Å². The Kier molecular flexibility index (Phi) is 7.07. The quantitative estimate of drug-likeness (QED) is 0.697. The van der Waals surface area contributed by atoms with E-state index in [0.717, 1.165) is 16.1 Å². The Morgan fingerprint density at radius 1 is 1.11 bits per heavy atom. The molecule has 28 heavy (non-hydrogen) atoms. The van der Waals surface area contributed by atoms with Crippen LogP contribution >= 0.6 is 0 Å². The second kappa shape index (κ2) is 9.10. The summed E-state index contributed by atoms with van der Waals surface area (Å²) in [5.74, 6) is 0.187. The molecule has 0 saturated heterocycles. The molecule has 1 N–H and O–H groups in total. The van der Waals surface area contributed by atoms with Crippen molar-refractivity contribution in [2.75, 3.05) is 23.7 Å². The molecule has 0 fully saturated rings. The second-order valence-corrected chi connectivity index (χ2v) is 9.20. The standard InChI is InChI=1S/C21H28N2O4S/c1-5-27-19-13-9-12-18(14-19)23(28(4,25)26)16-20(24)22-21(2,3)15-17-10-7-6-8-11-17/h6-14H,5,15-16H2,1-4H3,(H,22,24). The SMILES string of the molecule is CCOc1cccc(N(CC(=O)NC(C)(C)Cc2ccccc2)S(C)(=O)=O)c1. The van der Waals surface area contributed by atoms with E-state index in [1.165, 1.54) is 0 Å². The number of benzene rings is 2. The maximum absolute atomic E-state index is 12.6. The van der Waals surface area contributed by atoms with Gasteiger partial charge in [0.1, 0.15) is 12.3 Å². The van der Waals surface area contributed by atoms with Gasteiger partial charge in [0.2, 0.25) is 15.9 Å². The number of rotatable bonds is 9. The predicted molar refractivity (Wildman–Crippen MR) is 112 cm³/mol. The van der Waals surface area contributed by atoms with Crippen LogP contribution in [0, 0.1) is 0 Å². The summed E-state index contributed by atoms with van der Waals surface area (Å²) in [5, 5.41) is 2.94. The summed E-state index contributed by atoms with van der Waals surface area (Å²) in [6, 6.07) is 16.5. The van der Waals surface area contributed by atoms with Gasteiger partial charge in [-0.15, -0.1) is 0 Å². The third kappa shape index (κ3) is 6.56. The summed E-state index contributed by atoms with van der Waals surface area (Å²) in [6.07, 6.45) is 1.72. The van der Waals surface area contributed by atoms with Crippen molar-refractivity contribution in [1.82, 2.24) is 5.32 Å². The molecule has 2 rings (SSSR count). The highest BCUT2D eigenvalue weighted by molar-refractivity contribution is 7.92. The van der Waals surface area contributed by atoms with E-state index in [1.807, 2.05) is 51.1 Å². The van der Waals surface area contributed by atoms with E-state index in [-0.39, 0.29) is 12.5 Å². The van der Waals surface area contributed by atoms with Crippen molar-refractivity contribution >= 4 is 21.6 Å². The van der Waals surface area contributed by atoms with Crippen molar-refractivity contribution in [1.29, 1.82) is 0 Å². The fourth-order valence-electron chi connectivity index (χ4n) is 2.99. The Labute approximate surface area is 167 Å². The molecule has 0 heterocycles. The zero-order chi connectivity index (χ0) is 20.8. The first-order valence-corrected chi connectivity index (χ1v) is 11.0. The highest BCUT2D eigenvalue weighted by Gasteiger charge is 2.26. The summed E-state index contributed by atoms with van der Waals surface area (Å²) >= 11 is 0. The first-order valence-electron chi connectivity index (χ1n) is 9.16. The predicted octanol–water partition coefficient (Wildman–Crippen LogP) is 2.99. The number of sulfonamides is 1. The molecule has 0 saturated carbocycles. The Balaban J connectivity index is 2.14. The Hall–Kier alpha value is -2.54. The van der Waals surface area contributed by atoms with E-state index >= 15 is 0 Å². The Morgan fingerprint density at radius 3 is 2.39 bits per heavy atom. The van der Waals surface area contributed by atoms with Gasteiger partial charge in [0.25, 0.3) is 0 Å². The summed E-state index contributed by atoms with van der Waals surface area (Å²) in [7, 11) is -3.64. The van der Waals surface area contributed by atoms with Crippen LogP contribution in [0.4, 0.5) is 5.69 Å². The molecule has 6 nitrogen and oxygen atoms in total. The molecule has 1 amide bonds. The molecular formula is C21H28N2O4S. The largest absolute Gasteiger partial charge is 0.494 e. The Bertz CT molecular complexity index is 896. The van der Waals surface area contributed by atoms with Crippen molar-refractivity contribution in [2.45, 2.75) is 32.7 Å². The van der Waals surface area contributed by atoms with E-state index in [9.17, 15) is 13.2 Å². The normalized spacial score (nSPS) is 11.7. The van der Waals surface area contributed by atoms with E-state index in [2.05, 4.69) is 5.32 Å². The van der Waals surface area contributed by atoms with Crippen molar-refractivity contribution < 1.29 is 17.9 Å². The number of nitrogens with zero attached hydrogens (tertiary/aromatic N) is 1. The van der Waals surface area contributed by atoms with Gasteiger partial charge in [-0.2, -0.15) is 0 Å². The molecule has 152 valence electrons. The van der Waals surface area contributed by atoms with Gasteiger partial charge in [-0.25, -0.2) is 8.42 Å². The van der Waals surface area contributed by atoms with Gasteiger partial charge >= 0.3 is 0 Å². The van der Waals surface area contributed by atoms with Crippen LogP contribution in [0.5, 0.6) is 5.75 Å². The number of anilines is 1. The zero-order valence-corrected chi connectivity index (χ0v) is 17.6. The molecule has 0 unspecified atom stereocenters. The fourth-order valence-corrected chi connectivity index (χ4v) is 3.84. The fraction of sp³-hybridized carbons (Fsp3) is 0.381. The van der Waals surface area contributed by atoms with Gasteiger partial charge in [-0.1, -0.05) is 36.4 Å². The third-order valence-corrected chi connectivity index (χ3v) is 5.21. The van der Waals surface area contributed by atoms with Crippen LogP contribution in [0.1, 0.15) is 26.3 Å². The van der Waals surface area contributed by atoms with Crippen molar-refractivity contribution in [2.24, 2.45) is 0 Å². The molecule has 0 aliphatic heterocycles. The lowest BCUT2D eigenvalue weighted by molar-refractivity contribution is -0.121. The van der Waals surface area contributed by atoms with Crippen LogP contribution in [-0.4, -0.2) is 39.3 Å². The van der Waals surface area contributed by atoms with Gasteiger partial charge in [-0.3, -0.25) is 9.10 Å². The smallest absolute Gasteiger partial charge is 0.241 e. The second-order valence-electron chi connectivity index (χ2n) is 7.29. The van der Waals surface area contributed by atoms with Gasteiger partial charge in [0.15, 0.2) is 0 Å². The van der Waals surface area contributed by atoms with Crippen LogP contribution in [0.2, 0.25) is 0 Å². The molecule has 2 aromatic rings. The molecule has 0 aromatic heterocycles. The lowest BCUT2D eigenvalue weighted by Crippen LogP contribution is -2.50. The molecule has 0 bridgehead atoms. The lowest BCUT2D eigenvalue weighted by atomic mass is 9.95. The molecule has 2 aromatic carbocycles. The van der Waals surface area contributed by atoms with E-state index in [4.69, 9.17) is 4.74 Å². The molecule has 0 aliphatic rings. The molecule has 0 radical (unpaired) electrons. The number of amides is 1. The number of hydrogen-bond acceptors (Lipinski definition) is 4. The molecule has 7 heteroatoms. The van der Waals surface area contributed by atoms with Crippen LogP contribution in [0.15, 0.2) is 54.6 Å². The van der Waals surface area contributed by atoms with E-state index in [1.54, 1.807) is 24.3 Å². The van der Waals surface area contributed by atoms with Crippen LogP contribution in [-0.2, 0) is 21.2 Å². The summed E-state index contributed by atoms with van der Waals surface area (Å²) < 4.78 is 31.1. The molecule has 0 spiro atoms. The summed E-state index contributed by atoms with van der Waals surface area (Å²) in [4.78, 5) is 12.6. The van der Waals surface area contributed by atoms with E-state index in [0.29, 0.717) is 24.5 Å². The third-order valence-electron chi connectivity index (χ3n) is 4.07. The number of carbonyl (C=O) groups is 1. The molecule has 0 aliphatic carbocycles. The van der Waals surface area contributed by atoms with Crippen molar-refractivity contribution in [3.8, 4) is 5.75 Å². The lowest BCUT2D eigenvalue weighted by Gasteiger charge is -2.29. The first-order chi connectivity index (χ1) is 13.1. The average molecular weight is 405 g/mol. The van der Waals surface area contributed by atoms with Crippen LogP contribution in [0.3, 0.4) is 0 Å². The van der Waals surface area contributed by atoms with Gasteiger partial charge in [-0.05, 0) is 44.9 Å². The highest BCUT2D eigenvalue weighted by atomic mass is 32.2. The maximum atomic E-state index is 12.6. The highest BCUT2D eigenvalue weighted by Crippen LogP contribution is 2.23. The minimum atomic E-state index is -3.64. The minimum absolute atomic E-state index is 0.299. The summed E-state index contributed by atoms with van der Waals surface area (Å²) in [6.45, 7) is 5.85. The van der Waals surface area contributed by atoms with Crippen LogP contribution < -0.4 is 14.4 Å². The van der Waals surface area contributed by atoms with Gasteiger partial charge in [0, 0.05) is 11.6 Å². The van der Waals surface area contributed by atoms with Crippen LogP contribution in [0.25, 0.3) is 0 Å². The Morgan fingerprint density at radius 2 is 1.79 bits per heavy atom. The number of carbonyl (C=O) groups excluding carboxylic acids is 1. The first kappa shape index (κ1) is 21.8. The number of ether oxygens (including phenoxy) is 1. The molecular weight excluding hydrogens is 376 g/mol. The van der Waals surface area contributed by atoms with Crippen molar-refractivity contribution in [3.63, 3.8) is 0 Å². The number of nitrogens with one attached hydrogen (secondary N) is 1. The minimum Gasteiger partial charge on any atom is -0.494 e. The van der Waals surface area contributed by atoms with Gasteiger partial charge < -0.3 is 10.1 Å². The van der Waals surface area contributed by atoms with E-state index < -0.39 is 15.6 Å². The topological polar surface area (TPSA) is 75.7 Å². The average Bonchev–Trinajstić information content (AvgIpc) is 2.59. The van der Waals surface area contributed by atoms with Gasteiger partial charge in [0.05, 0.1) is 18.6 Å². The molecule has 0 atom stereocenters. The monoisotopic (exact) mass is 404 g/mol. The maximum Gasteiger partial charge on any atom is 0.241 e. The number of hydrogen-bond donors (Lipinski definition) is 1. The zero-order valence-electron chi connectivity index (χ0n) is 16.8.